The molecule has 0 aliphatic rings. The summed E-state index contributed by atoms with van der Waals surface area (Å²) in [5.41, 5.74) is 0. The van der Waals surface area contributed by atoms with Crippen LogP contribution in [0.4, 0.5) is 0 Å². The van der Waals surface area contributed by atoms with Crippen molar-refractivity contribution in [1.29, 1.82) is 0 Å². The van der Waals surface area contributed by atoms with E-state index in [-0.39, 0.29) is 0 Å². The molecule has 0 radical (unpaired) electrons. The van der Waals surface area contributed by atoms with Crippen LogP contribution in [0.2, 0.25) is 0 Å². The number of hydrogen-bond donors (Lipinski definition) is 0. The molecule has 0 unspecified atom stereocenters. The second-order valence-electron chi connectivity index (χ2n) is 4.71. The summed E-state index contributed by atoms with van der Waals surface area (Å²) in [5, 5.41) is 0. The van der Waals surface area contributed by atoms with Gasteiger partial charge < -0.3 is 0 Å². The molecule has 0 N–H and O–H groups in total. The van der Waals surface area contributed by atoms with Gasteiger partial charge in [0.05, 0.1) is 0 Å². The van der Waals surface area contributed by atoms with Crippen LogP contribution in [0.15, 0.2) is 124 Å². The second-order valence-corrected chi connectivity index (χ2v) is 13.0. The zero-order chi connectivity index (χ0) is 20.5. The van der Waals surface area contributed by atoms with Gasteiger partial charge in [-0.05, 0) is 0 Å². The van der Waals surface area contributed by atoms with Crippen LogP contribution in [0.3, 0.4) is 0 Å². The van der Waals surface area contributed by atoms with Crippen molar-refractivity contribution in [3.05, 3.63) is 124 Å². The van der Waals surface area contributed by atoms with E-state index in [1.54, 1.807) is 73.7 Å². The van der Waals surface area contributed by atoms with Crippen molar-refractivity contribution in [2.24, 2.45) is 0 Å². The van der Waals surface area contributed by atoms with Gasteiger partial charge in [0.1, 0.15) is 0 Å². The van der Waals surface area contributed by atoms with Gasteiger partial charge in [-0.3, -0.25) is 0 Å². The molecule has 0 atom stereocenters. The Kier molecular flexibility index (Phi) is 13.7. The van der Waals surface area contributed by atoms with Crippen molar-refractivity contribution < 1.29 is 12.1 Å². The Morgan fingerprint density at radius 3 is 0.964 bits per heavy atom. The number of benzene rings is 1. The first kappa shape index (κ1) is 24.0. The molecule has 0 aromatic heterocycles. The van der Waals surface area contributed by atoms with Crippen LogP contribution in [0, 0.1) is 0 Å². The molecular formula is C22H24O4Sb2. The number of allylic oxidation sites excluding steroid dienone is 8. The Bertz CT molecular complexity index is 630. The predicted octanol–water partition coefficient (Wildman–Crippen LogP) is 3.94. The van der Waals surface area contributed by atoms with E-state index in [9.17, 15) is 0 Å². The Hall–Kier alpha value is -2.02. The van der Waals surface area contributed by atoms with E-state index in [4.69, 9.17) is 12.1 Å². The topological polar surface area (TPSA) is 36.9 Å². The van der Waals surface area contributed by atoms with Gasteiger partial charge in [-0.2, -0.15) is 0 Å². The first-order valence-electron chi connectivity index (χ1n) is 8.24. The number of hydrogen-bond acceptors (Lipinski definition) is 4. The molecule has 0 aliphatic carbocycles. The Morgan fingerprint density at radius 2 is 0.750 bits per heavy atom. The summed E-state index contributed by atoms with van der Waals surface area (Å²) >= 11 is -5.28. The molecule has 0 saturated carbocycles. The minimum atomic E-state index is -2.64. The van der Waals surface area contributed by atoms with Gasteiger partial charge in [0.25, 0.3) is 0 Å². The van der Waals surface area contributed by atoms with E-state index in [2.05, 4.69) is 26.3 Å². The summed E-state index contributed by atoms with van der Waals surface area (Å²) in [4.78, 5) is 0. The zero-order valence-corrected chi connectivity index (χ0v) is 20.7. The van der Waals surface area contributed by atoms with Crippen molar-refractivity contribution in [3.8, 4) is 0 Å². The van der Waals surface area contributed by atoms with Gasteiger partial charge >= 0.3 is 185 Å². The first-order valence-corrected chi connectivity index (χ1v) is 15.0. The molecular weight excluding hydrogens is 572 g/mol. The Morgan fingerprint density at radius 1 is 0.500 bits per heavy atom. The molecule has 28 heavy (non-hydrogen) atoms. The van der Waals surface area contributed by atoms with Gasteiger partial charge in [0.15, 0.2) is 0 Å². The summed E-state index contributed by atoms with van der Waals surface area (Å²) in [6, 6.07) is 8.00. The van der Waals surface area contributed by atoms with Gasteiger partial charge in [0, 0.05) is 0 Å². The predicted molar refractivity (Wildman–Crippen MR) is 119 cm³/mol. The minimum absolute atomic E-state index is 1.03. The standard InChI is InChI=1S/C6H4.4C4H6O.2Sb/c1-2-4-6-5-3-1;4*1-2-3-4-5;;/h1-2,5-6H;4*2-5H,1H2;;/q;;;;;2*+2/p-4. The van der Waals surface area contributed by atoms with Crippen LogP contribution in [0.1, 0.15) is 0 Å². The molecule has 6 heteroatoms. The third-order valence-electron chi connectivity index (χ3n) is 2.76. The van der Waals surface area contributed by atoms with E-state index in [1.165, 1.54) is 0 Å². The molecule has 0 bridgehead atoms. The Labute approximate surface area is 184 Å². The molecule has 0 aliphatic heterocycles. The second kappa shape index (κ2) is 16.0. The molecule has 1 rings (SSSR count). The van der Waals surface area contributed by atoms with Crippen LogP contribution in [0.25, 0.3) is 0 Å². The van der Waals surface area contributed by atoms with Crippen LogP contribution in [0.5, 0.6) is 0 Å². The summed E-state index contributed by atoms with van der Waals surface area (Å²) in [5.74, 6) is 0. The molecule has 0 saturated heterocycles. The summed E-state index contributed by atoms with van der Waals surface area (Å²) in [6.07, 6.45) is 20.0. The maximum atomic E-state index is 5.81. The summed E-state index contributed by atoms with van der Waals surface area (Å²) in [6.45, 7) is 14.6. The average molecular weight is 596 g/mol. The van der Waals surface area contributed by atoms with Crippen molar-refractivity contribution in [1.82, 2.24) is 0 Å². The maximum absolute atomic E-state index is 5.81. The zero-order valence-electron chi connectivity index (χ0n) is 15.6. The third-order valence-corrected chi connectivity index (χ3v) is 10.4. The average Bonchev–Trinajstić information content (AvgIpc) is 2.72. The van der Waals surface area contributed by atoms with Crippen LogP contribution in [-0.4, -0.2) is 42.1 Å². The van der Waals surface area contributed by atoms with Crippen LogP contribution >= 0.6 is 0 Å². The van der Waals surface area contributed by atoms with E-state index in [0.29, 0.717) is 0 Å². The van der Waals surface area contributed by atoms with Crippen molar-refractivity contribution >= 4 is 49.1 Å². The summed E-state index contributed by atoms with van der Waals surface area (Å²) in [7, 11) is 0. The van der Waals surface area contributed by atoms with Gasteiger partial charge in [-0.25, -0.2) is 0 Å². The monoisotopic (exact) mass is 594 g/mol. The van der Waals surface area contributed by atoms with Crippen molar-refractivity contribution in [2.45, 2.75) is 0 Å². The molecule has 146 valence electrons. The first-order chi connectivity index (χ1) is 13.8. The third kappa shape index (κ3) is 9.78. The molecule has 1 aromatic carbocycles. The van der Waals surface area contributed by atoms with E-state index in [1.807, 2.05) is 24.3 Å². The van der Waals surface area contributed by atoms with E-state index in [0.717, 1.165) is 7.02 Å². The van der Waals surface area contributed by atoms with E-state index < -0.39 is 42.1 Å². The fourth-order valence-corrected chi connectivity index (χ4v) is 7.55. The Balaban J connectivity index is 2.98. The van der Waals surface area contributed by atoms with Gasteiger partial charge in [-0.1, -0.05) is 0 Å². The van der Waals surface area contributed by atoms with Gasteiger partial charge in [-0.15, -0.1) is 0 Å². The van der Waals surface area contributed by atoms with Crippen molar-refractivity contribution in [2.75, 3.05) is 0 Å². The number of rotatable bonds is 14. The van der Waals surface area contributed by atoms with Crippen molar-refractivity contribution in [3.63, 3.8) is 0 Å². The van der Waals surface area contributed by atoms with Crippen LogP contribution < -0.4 is 7.02 Å². The molecule has 0 amide bonds. The fraction of sp³-hybridized carbons (Fsp3) is 0. The normalized spacial score (nSPS) is 11.5. The molecule has 0 fully saturated rings. The summed E-state index contributed by atoms with van der Waals surface area (Å²) < 4.78 is 25.3. The van der Waals surface area contributed by atoms with E-state index >= 15 is 0 Å². The SMILES string of the molecule is C=CC=C[O][Sb]([O]C=CC=C)[c]1cc[c]([Sb]([O]C=CC=C)[O]C=CC=C)cc1. The fourth-order valence-electron chi connectivity index (χ4n) is 1.57. The van der Waals surface area contributed by atoms with Crippen LogP contribution in [-0.2, 0) is 12.1 Å². The quantitative estimate of drug-likeness (QED) is 0.186. The molecule has 0 spiro atoms. The molecule has 4 nitrogen and oxygen atoms in total. The molecule has 0 heterocycles. The van der Waals surface area contributed by atoms with Gasteiger partial charge in [0.2, 0.25) is 0 Å². The molecule has 1 aromatic rings.